The maximum Gasteiger partial charge on any atom is 0.269 e. The molecule has 0 saturated heterocycles. The Balaban J connectivity index is 3.03. The molecular formula is C9H10FNO2. The highest BCUT2D eigenvalue weighted by Gasteiger charge is 2.09. The molecule has 4 heteroatoms. The van der Waals surface area contributed by atoms with Crippen LogP contribution in [0.2, 0.25) is 0 Å². The molecule has 0 fully saturated rings. The fraction of sp³-hybridized carbons (Fsp3) is 0.333. The molecule has 0 aliphatic carbocycles. The Kier molecular flexibility index (Phi) is 2.95. The van der Waals surface area contributed by atoms with E-state index in [-0.39, 0.29) is 11.5 Å². The van der Waals surface area contributed by atoms with E-state index in [0.717, 1.165) is 12.5 Å². The van der Waals surface area contributed by atoms with Gasteiger partial charge in [-0.1, -0.05) is 13.3 Å². The Labute approximate surface area is 75.3 Å². The van der Waals surface area contributed by atoms with Gasteiger partial charge in [-0.3, -0.25) is 10.1 Å². The molecule has 0 radical (unpaired) electrons. The second-order valence-corrected chi connectivity index (χ2v) is 2.78. The summed E-state index contributed by atoms with van der Waals surface area (Å²) in [6.07, 6.45) is 1.31. The summed E-state index contributed by atoms with van der Waals surface area (Å²) >= 11 is 0. The third-order valence-corrected chi connectivity index (χ3v) is 1.76. The van der Waals surface area contributed by atoms with Gasteiger partial charge in [-0.15, -0.1) is 0 Å². The third kappa shape index (κ3) is 2.24. The smallest absolute Gasteiger partial charge is 0.258 e. The molecule has 0 aromatic heterocycles. The SMILES string of the molecule is CCCc1cc([N+](=O)[O-])ccc1F. The highest BCUT2D eigenvalue weighted by atomic mass is 19.1. The summed E-state index contributed by atoms with van der Waals surface area (Å²) in [5.74, 6) is -0.368. The van der Waals surface area contributed by atoms with Gasteiger partial charge in [-0.05, 0) is 18.1 Å². The first-order chi connectivity index (χ1) is 6.15. The zero-order valence-corrected chi connectivity index (χ0v) is 7.29. The van der Waals surface area contributed by atoms with Gasteiger partial charge in [0.05, 0.1) is 4.92 Å². The van der Waals surface area contributed by atoms with Crippen molar-refractivity contribution >= 4 is 5.69 Å². The van der Waals surface area contributed by atoms with Gasteiger partial charge in [0.25, 0.3) is 5.69 Å². The number of aryl methyl sites for hydroxylation is 1. The second kappa shape index (κ2) is 3.98. The summed E-state index contributed by atoms with van der Waals surface area (Å²) in [6, 6.07) is 3.61. The normalized spacial score (nSPS) is 10.0. The quantitative estimate of drug-likeness (QED) is 0.534. The second-order valence-electron chi connectivity index (χ2n) is 2.78. The number of nitro benzene ring substituents is 1. The molecule has 0 atom stereocenters. The molecule has 0 aliphatic heterocycles. The maximum atomic E-state index is 13.0. The predicted molar refractivity (Wildman–Crippen MR) is 47.0 cm³/mol. The van der Waals surface area contributed by atoms with E-state index >= 15 is 0 Å². The van der Waals surface area contributed by atoms with E-state index in [0.29, 0.717) is 12.0 Å². The van der Waals surface area contributed by atoms with E-state index in [1.54, 1.807) is 0 Å². The van der Waals surface area contributed by atoms with Crippen molar-refractivity contribution in [1.82, 2.24) is 0 Å². The first kappa shape index (κ1) is 9.64. The van der Waals surface area contributed by atoms with Crippen molar-refractivity contribution in [3.63, 3.8) is 0 Å². The highest BCUT2D eigenvalue weighted by Crippen LogP contribution is 2.17. The number of halogens is 1. The number of hydrogen-bond acceptors (Lipinski definition) is 2. The molecule has 0 amide bonds. The molecule has 0 spiro atoms. The maximum absolute atomic E-state index is 13.0. The van der Waals surface area contributed by atoms with Gasteiger partial charge >= 0.3 is 0 Å². The van der Waals surface area contributed by atoms with E-state index in [2.05, 4.69) is 0 Å². The third-order valence-electron chi connectivity index (χ3n) is 1.76. The topological polar surface area (TPSA) is 43.1 Å². The molecule has 70 valence electrons. The van der Waals surface area contributed by atoms with Crippen molar-refractivity contribution in [2.24, 2.45) is 0 Å². The number of benzene rings is 1. The lowest BCUT2D eigenvalue weighted by Crippen LogP contribution is -1.93. The molecule has 1 aromatic carbocycles. The lowest BCUT2D eigenvalue weighted by molar-refractivity contribution is -0.385. The number of rotatable bonds is 3. The zero-order chi connectivity index (χ0) is 9.84. The van der Waals surface area contributed by atoms with Crippen LogP contribution in [-0.2, 0) is 6.42 Å². The average molecular weight is 183 g/mol. The van der Waals surface area contributed by atoms with Crippen molar-refractivity contribution in [3.05, 3.63) is 39.7 Å². The number of nitrogens with zero attached hydrogens (tertiary/aromatic N) is 1. The summed E-state index contributed by atoms with van der Waals surface area (Å²) in [4.78, 5) is 9.84. The van der Waals surface area contributed by atoms with Crippen LogP contribution in [0.25, 0.3) is 0 Å². The fourth-order valence-corrected chi connectivity index (χ4v) is 1.14. The van der Waals surface area contributed by atoms with Crippen LogP contribution in [0, 0.1) is 15.9 Å². The molecule has 1 rings (SSSR count). The van der Waals surface area contributed by atoms with E-state index in [4.69, 9.17) is 0 Å². The fourth-order valence-electron chi connectivity index (χ4n) is 1.14. The Hall–Kier alpha value is -1.45. The molecular weight excluding hydrogens is 173 g/mol. The minimum atomic E-state index is -0.515. The molecule has 0 heterocycles. The van der Waals surface area contributed by atoms with Gasteiger partial charge in [0.2, 0.25) is 0 Å². The monoisotopic (exact) mass is 183 g/mol. The van der Waals surface area contributed by atoms with Crippen LogP contribution in [0.4, 0.5) is 10.1 Å². The standard InChI is InChI=1S/C9H10FNO2/c1-2-3-7-6-8(11(12)13)4-5-9(7)10/h4-6H,2-3H2,1H3. The van der Waals surface area contributed by atoms with Crippen LogP contribution in [-0.4, -0.2) is 4.92 Å². The van der Waals surface area contributed by atoms with Crippen LogP contribution >= 0.6 is 0 Å². The number of hydrogen-bond donors (Lipinski definition) is 0. The van der Waals surface area contributed by atoms with Gasteiger partial charge < -0.3 is 0 Å². The molecule has 0 saturated carbocycles. The largest absolute Gasteiger partial charge is 0.269 e. The minimum Gasteiger partial charge on any atom is -0.258 e. The van der Waals surface area contributed by atoms with Gasteiger partial charge in [-0.2, -0.15) is 0 Å². The first-order valence-corrected chi connectivity index (χ1v) is 4.08. The molecule has 0 unspecified atom stereocenters. The van der Waals surface area contributed by atoms with E-state index in [1.807, 2.05) is 6.92 Å². The van der Waals surface area contributed by atoms with Gasteiger partial charge in [-0.25, -0.2) is 4.39 Å². The van der Waals surface area contributed by atoms with Crippen molar-refractivity contribution in [2.45, 2.75) is 19.8 Å². The Morgan fingerprint density at radius 3 is 2.77 bits per heavy atom. The zero-order valence-electron chi connectivity index (χ0n) is 7.29. The summed E-state index contributed by atoms with van der Waals surface area (Å²) in [7, 11) is 0. The summed E-state index contributed by atoms with van der Waals surface area (Å²) < 4.78 is 13.0. The van der Waals surface area contributed by atoms with Crippen LogP contribution < -0.4 is 0 Å². The van der Waals surface area contributed by atoms with Crippen molar-refractivity contribution in [3.8, 4) is 0 Å². The van der Waals surface area contributed by atoms with E-state index in [1.165, 1.54) is 12.1 Å². The molecule has 0 aliphatic rings. The minimum absolute atomic E-state index is 0.0511. The molecule has 13 heavy (non-hydrogen) atoms. The van der Waals surface area contributed by atoms with Gasteiger partial charge in [0, 0.05) is 12.1 Å². The number of non-ortho nitro benzene ring substituents is 1. The highest BCUT2D eigenvalue weighted by molar-refractivity contribution is 5.35. The summed E-state index contributed by atoms with van der Waals surface area (Å²) in [6.45, 7) is 1.90. The van der Waals surface area contributed by atoms with Crippen molar-refractivity contribution in [2.75, 3.05) is 0 Å². The predicted octanol–water partition coefficient (Wildman–Crippen LogP) is 2.69. The van der Waals surface area contributed by atoms with Crippen molar-refractivity contribution in [1.29, 1.82) is 0 Å². The Morgan fingerprint density at radius 2 is 2.23 bits per heavy atom. The molecule has 1 aromatic rings. The molecule has 0 bridgehead atoms. The van der Waals surface area contributed by atoms with E-state index < -0.39 is 4.92 Å². The van der Waals surface area contributed by atoms with Crippen molar-refractivity contribution < 1.29 is 9.31 Å². The first-order valence-electron chi connectivity index (χ1n) is 4.08. The van der Waals surface area contributed by atoms with Crippen LogP contribution in [0.1, 0.15) is 18.9 Å². The van der Waals surface area contributed by atoms with Crippen LogP contribution in [0.15, 0.2) is 18.2 Å². The number of nitro groups is 1. The Morgan fingerprint density at radius 1 is 1.54 bits per heavy atom. The average Bonchev–Trinajstić information content (AvgIpc) is 2.08. The van der Waals surface area contributed by atoms with Gasteiger partial charge in [0.15, 0.2) is 0 Å². The molecule has 3 nitrogen and oxygen atoms in total. The summed E-state index contributed by atoms with van der Waals surface area (Å²) in [5, 5.41) is 10.4. The Bertz CT molecular complexity index is 325. The summed E-state index contributed by atoms with van der Waals surface area (Å²) in [5.41, 5.74) is 0.363. The van der Waals surface area contributed by atoms with Crippen LogP contribution in [0.3, 0.4) is 0 Å². The van der Waals surface area contributed by atoms with Gasteiger partial charge in [0.1, 0.15) is 5.82 Å². The lowest BCUT2D eigenvalue weighted by Gasteiger charge is -1.99. The van der Waals surface area contributed by atoms with Crippen LogP contribution in [0.5, 0.6) is 0 Å². The van der Waals surface area contributed by atoms with E-state index in [9.17, 15) is 14.5 Å². The lowest BCUT2D eigenvalue weighted by atomic mass is 10.1. The molecule has 0 N–H and O–H groups in total.